The van der Waals surface area contributed by atoms with Crippen molar-refractivity contribution in [3.05, 3.63) is 0 Å². The minimum atomic E-state index is -0.511. The van der Waals surface area contributed by atoms with Gasteiger partial charge in [-0.3, -0.25) is 9.69 Å². The third-order valence-electron chi connectivity index (χ3n) is 3.86. The molecule has 6 nitrogen and oxygen atoms in total. The van der Waals surface area contributed by atoms with E-state index in [0.717, 1.165) is 32.4 Å². The Bertz CT molecular complexity index is 474. The molecule has 0 aromatic rings. The smallest absolute Gasteiger partial charge is 0.346 e. The molecule has 2 aliphatic heterocycles. The molecule has 2 rings (SSSR count). The summed E-state index contributed by atoms with van der Waals surface area (Å²) in [5, 5.41) is 0. The molecular weight excluding hydrogens is 256 g/mol. The van der Waals surface area contributed by atoms with Gasteiger partial charge in [0.05, 0.1) is 12.5 Å². The van der Waals surface area contributed by atoms with Gasteiger partial charge in [-0.05, 0) is 26.2 Å². The first-order chi connectivity index (χ1) is 9.54. The van der Waals surface area contributed by atoms with Crippen molar-refractivity contribution in [1.29, 1.82) is 0 Å². The van der Waals surface area contributed by atoms with Gasteiger partial charge in [0.1, 0.15) is 11.9 Å². The van der Waals surface area contributed by atoms with E-state index in [1.54, 1.807) is 6.92 Å². The number of carbonyl (C=O) groups excluding carboxylic acids is 2. The fraction of sp³-hybridized carbons (Fsp3) is 0.643. The molecule has 0 radical (unpaired) electrons. The summed E-state index contributed by atoms with van der Waals surface area (Å²) >= 11 is 0. The predicted molar refractivity (Wildman–Crippen MR) is 76.0 cm³/mol. The number of rotatable bonds is 3. The van der Waals surface area contributed by atoms with Crippen LogP contribution in [0.15, 0.2) is 4.99 Å². The second-order valence-electron chi connectivity index (χ2n) is 5.23. The number of piperidine rings is 1. The van der Waals surface area contributed by atoms with Crippen LogP contribution in [0, 0.1) is 12.3 Å². The fourth-order valence-electron chi connectivity index (χ4n) is 2.68. The van der Waals surface area contributed by atoms with Crippen LogP contribution >= 0.6 is 0 Å². The van der Waals surface area contributed by atoms with Crippen LogP contribution in [0.2, 0.25) is 0 Å². The highest BCUT2D eigenvalue weighted by molar-refractivity contribution is 6.04. The summed E-state index contributed by atoms with van der Waals surface area (Å²) in [7, 11) is 0. The lowest BCUT2D eigenvalue weighted by molar-refractivity contribution is -0.132. The molecule has 0 bridgehead atoms. The molecule has 3 amide bonds. The van der Waals surface area contributed by atoms with Crippen LogP contribution in [0.4, 0.5) is 4.79 Å². The number of amides is 3. The zero-order valence-electron chi connectivity index (χ0n) is 11.7. The summed E-state index contributed by atoms with van der Waals surface area (Å²) < 4.78 is 0. The Morgan fingerprint density at radius 3 is 2.75 bits per heavy atom. The lowest BCUT2D eigenvalue weighted by Crippen LogP contribution is -2.48. The van der Waals surface area contributed by atoms with Gasteiger partial charge in [0.15, 0.2) is 0 Å². The highest BCUT2D eigenvalue weighted by atomic mass is 16.2. The SMILES string of the molecule is C#CC(C)N1C(=O)N=C(N)C1CC(=O)N1CCCCC1. The molecule has 2 N–H and O–H groups in total. The Morgan fingerprint density at radius 2 is 2.15 bits per heavy atom. The van der Waals surface area contributed by atoms with Crippen LogP contribution in [-0.4, -0.2) is 52.7 Å². The maximum absolute atomic E-state index is 12.3. The summed E-state index contributed by atoms with van der Waals surface area (Å²) in [6, 6.07) is -1.39. The van der Waals surface area contributed by atoms with Crippen molar-refractivity contribution < 1.29 is 9.59 Å². The van der Waals surface area contributed by atoms with E-state index in [1.807, 2.05) is 4.90 Å². The van der Waals surface area contributed by atoms with Crippen molar-refractivity contribution in [1.82, 2.24) is 9.80 Å². The molecule has 2 atom stereocenters. The molecule has 2 heterocycles. The molecule has 2 unspecified atom stereocenters. The highest BCUT2D eigenvalue weighted by Gasteiger charge is 2.38. The van der Waals surface area contributed by atoms with Gasteiger partial charge in [-0.15, -0.1) is 6.42 Å². The Balaban J connectivity index is 2.06. The lowest BCUT2D eigenvalue weighted by atomic mass is 10.1. The monoisotopic (exact) mass is 276 g/mol. The first kappa shape index (κ1) is 14.4. The lowest BCUT2D eigenvalue weighted by Gasteiger charge is -2.31. The molecule has 6 heteroatoms. The molecule has 0 spiro atoms. The van der Waals surface area contributed by atoms with Gasteiger partial charge < -0.3 is 10.6 Å². The number of nitrogens with two attached hydrogens (primary N) is 1. The van der Waals surface area contributed by atoms with Gasteiger partial charge >= 0.3 is 6.03 Å². The largest absolute Gasteiger partial charge is 0.385 e. The van der Waals surface area contributed by atoms with Gasteiger partial charge in [0, 0.05) is 13.1 Å². The van der Waals surface area contributed by atoms with Gasteiger partial charge in [-0.1, -0.05) is 5.92 Å². The van der Waals surface area contributed by atoms with E-state index in [9.17, 15) is 9.59 Å². The number of hydrogen-bond donors (Lipinski definition) is 1. The van der Waals surface area contributed by atoms with Crippen molar-refractivity contribution in [2.45, 2.75) is 44.7 Å². The highest BCUT2D eigenvalue weighted by Crippen LogP contribution is 2.20. The molecule has 0 aromatic carbocycles. The van der Waals surface area contributed by atoms with Crippen LogP contribution in [-0.2, 0) is 4.79 Å². The minimum absolute atomic E-state index is 0.0109. The number of terminal acetylenes is 1. The van der Waals surface area contributed by atoms with E-state index < -0.39 is 18.1 Å². The van der Waals surface area contributed by atoms with E-state index in [4.69, 9.17) is 12.2 Å². The number of aliphatic imine (C=N–C) groups is 1. The van der Waals surface area contributed by atoms with Crippen LogP contribution < -0.4 is 5.73 Å². The van der Waals surface area contributed by atoms with Crippen molar-refractivity contribution in [2.24, 2.45) is 10.7 Å². The van der Waals surface area contributed by atoms with Gasteiger partial charge in [-0.2, -0.15) is 4.99 Å². The van der Waals surface area contributed by atoms with E-state index in [-0.39, 0.29) is 18.2 Å². The average Bonchev–Trinajstić information content (AvgIpc) is 2.73. The Morgan fingerprint density at radius 1 is 1.50 bits per heavy atom. The second-order valence-corrected chi connectivity index (χ2v) is 5.23. The molecule has 20 heavy (non-hydrogen) atoms. The summed E-state index contributed by atoms with van der Waals surface area (Å²) in [5.41, 5.74) is 5.78. The Kier molecular flexibility index (Phi) is 4.28. The predicted octanol–water partition coefficient (Wildman–Crippen LogP) is 0.572. The van der Waals surface area contributed by atoms with E-state index in [2.05, 4.69) is 10.9 Å². The second kappa shape index (κ2) is 5.95. The summed E-state index contributed by atoms with van der Waals surface area (Å²) in [6.07, 6.45) is 8.75. The van der Waals surface area contributed by atoms with Gasteiger partial charge in [-0.25, -0.2) is 4.79 Å². The van der Waals surface area contributed by atoms with Crippen LogP contribution in [0.1, 0.15) is 32.6 Å². The fourth-order valence-corrected chi connectivity index (χ4v) is 2.68. The van der Waals surface area contributed by atoms with Crippen molar-refractivity contribution >= 4 is 17.8 Å². The molecule has 0 aromatic heterocycles. The molecule has 0 saturated carbocycles. The standard InChI is InChI=1S/C14H20N4O2/c1-3-10(2)18-11(13(15)16-14(18)20)9-12(19)17-7-5-4-6-8-17/h1,10-11H,4-9H2,2H3,(H2,15,16,20). The zero-order valence-corrected chi connectivity index (χ0v) is 11.7. The van der Waals surface area contributed by atoms with E-state index in [1.165, 1.54) is 4.90 Å². The van der Waals surface area contributed by atoms with Crippen molar-refractivity contribution in [3.63, 3.8) is 0 Å². The van der Waals surface area contributed by atoms with E-state index in [0.29, 0.717) is 0 Å². The molecular formula is C14H20N4O2. The number of likely N-dealkylation sites (tertiary alicyclic amines) is 1. The quantitative estimate of drug-likeness (QED) is 0.765. The van der Waals surface area contributed by atoms with Crippen LogP contribution in [0.25, 0.3) is 0 Å². The summed E-state index contributed by atoms with van der Waals surface area (Å²) in [4.78, 5) is 31.1. The maximum atomic E-state index is 12.3. The molecule has 1 saturated heterocycles. The molecule has 0 aliphatic carbocycles. The third-order valence-corrected chi connectivity index (χ3v) is 3.86. The zero-order chi connectivity index (χ0) is 14.7. The van der Waals surface area contributed by atoms with Crippen molar-refractivity contribution in [3.8, 4) is 12.3 Å². The van der Waals surface area contributed by atoms with Gasteiger partial charge in [0.25, 0.3) is 0 Å². The maximum Gasteiger partial charge on any atom is 0.346 e. The van der Waals surface area contributed by atoms with Gasteiger partial charge in [0.2, 0.25) is 5.91 Å². The first-order valence-corrected chi connectivity index (χ1v) is 6.95. The number of nitrogens with zero attached hydrogens (tertiary/aromatic N) is 3. The number of urea groups is 1. The third kappa shape index (κ3) is 2.77. The summed E-state index contributed by atoms with van der Waals surface area (Å²) in [5.74, 6) is 2.69. The van der Waals surface area contributed by atoms with Crippen LogP contribution in [0.5, 0.6) is 0 Å². The van der Waals surface area contributed by atoms with Crippen molar-refractivity contribution in [2.75, 3.05) is 13.1 Å². The number of hydrogen-bond acceptors (Lipinski definition) is 3. The molecule has 2 aliphatic rings. The first-order valence-electron chi connectivity index (χ1n) is 6.95. The topological polar surface area (TPSA) is 79.0 Å². The number of amidine groups is 1. The molecule has 1 fully saturated rings. The average molecular weight is 276 g/mol. The normalized spacial score (nSPS) is 24.3. The summed E-state index contributed by atoms with van der Waals surface area (Å²) in [6.45, 7) is 3.28. The van der Waals surface area contributed by atoms with Crippen LogP contribution in [0.3, 0.4) is 0 Å². The Hall–Kier alpha value is -2.03. The number of carbonyl (C=O) groups is 2. The molecule has 108 valence electrons. The Labute approximate surface area is 119 Å². The minimum Gasteiger partial charge on any atom is -0.385 e. The van der Waals surface area contributed by atoms with E-state index >= 15 is 0 Å².